The van der Waals surface area contributed by atoms with Gasteiger partial charge in [0.05, 0.1) is 12.1 Å². The van der Waals surface area contributed by atoms with Crippen molar-refractivity contribution in [1.82, 2.24) is 20.4 Å². The van der Waals surface area contributed by atoms with Gasteiger partial charge in [-0.15, -0.1) is 0 Å². The molecule has 3 rings (SSSR count). The van der Waals surface area contributed by atoms with E-state index in [4.69, 9.17) is 0 Å². The van der Waals surface area contributed by atoms with Crippen molar-refractivity contribution >= 4 is 11.8 Å². The Balaban J connectivity index is 1.45. The zero-order chi connectivity index (χ0) is 19.2. The molecule has 1 aromatic rings. The summed E-state index contributed by atoms with van der Waals surface area (Å²) in [5, 5.41) is 5.92. The lowest BCUT2D eigenvalue weighted by Gasteiger charge is -2.40. The van der Waals surface area contributed by atoms with Crippen LogP contribution in [0.15, 0.2) is 24.3 Å². The second-order valence-corrected chi connectivity index (χ2v) is 7.39. The average molecular weight is 376 g/mol. The molecule has 1 aromatic carbocycles. The Kier molecular flexibility index (Phi) is 6.79. The average Bonchev–Trinajstić information content (AvgIpc) is 2.91. The standard InChI is InChI=1S/C20H29FN4O2/c1-15(19(26)23-14-16-5-7-17(21)8-6-16)24-10-12-25(13-11-24)18-4-2-3-9-22-20(18)27/h5-8,15,18H,2-4,9-14H2,1H3,(H,22,27)(H,23,26)/t15-,18+/m1/s1. The second kappa shape index (κ2) is 9.28. The van der Waals surface area contributed by atoms with Gasteiger partial charge in [0.25, 0.3) is 0 Å². The fourth-order valence-electron chi connectivity index (χ4n) is 3.81. The van der Waals surface area contributed by atoms with Gasteiger partial charge in [0.1, 0.15) is 5.82 Å². The molecule has 2 atom stereocenters. The van der Waals surface area contributed by atoms with Crippen molar-refractivity contribution in [1.29, 1.82) is 0 Å². The first kappa shape index (κ1) is 19.8. The van der Waals surface area contributed by atoms with Crippen LogP contribution >= 0.6 is 0 Å². The number of rotatable bonds is 5. The Hall–Kier alpha value is -1.99. The summed E-state index contributed by atoms with van der Waals surface area (Å²) in [4.78, 5) is 29.1. The lowest BCUT2D eigenvalue weighted by atomic mass is 10.1. The van der Waals surface area contributed by atoms with Gasteiger partial charge in [0, 0.05) is 39.3 Å². The highest BCUT2D eigenvalue weighted by Crippen LogP contribution is 2.16. The first-order chi connectivity index (χ1) is 13.0. The van der Waals surface area contributed by atoms with Crippen LogP contribution in [0.3, 0.4) is 0 Å². The third kappa shape index (κ3) is 5.26. The summed E-state index contributed by atoms with van der Waals surface area (Å²) >= 11 is 0. The highest BCUT2D eigenvalue weighted by Gasteiger charge is 2.32. The van der Waals surface area contributed by atoms with E-state index >= 15 is 0 Å². The van der Waals surface area contributed by atoms with Crippen molar-refractivity contribution < 1.29 is 14.0 Å². The summed E-state index contributed by atoms with van der Waals surface area (Å²) in [6.45, 7) is 6.23. The SMILES string of the molecule is C[C@H](C(=O)NCc1ccc(F)cc1)N1CCN([C@H]2CCCCNC2=O)CC1. The maximum absolute atomic E-state index is 12.9. The summed E-state index contributed by atoms with van der Waals surface area (Å²) in [5.41, 5.74) is 0.876. The minimum Gasteiger partial charge on any atom is -0.355 e. The molecule has 0 radical (unpaired) electrons. The topological polar surface area (TPSA) is 64.7 Å². The molecule has 7 heteroatoms. The van der Waals surface area contributed by atoms with Gasteiger partial charge in [0.2, 0.25) is 11.8 Å². The van der Waals surface area contributed by atoms with Gasteiger partial charge in [-0.3, -0.25) is 19.4 Å². The zero-order valence-electron chi connectivity index (χ0n) is 15.9. The predicted molar refractivity (Wildman–Crippen MR) is 102 cm³/mol. The number of amides is 2. The largest absolute Gasteiger partial charge is 0.355 e. The van der Waals surface area contributed by atoms with Gasteiger partial charge in [-0.25, -0.2) is 4.39 Å². The predicted octanol–water partition coefficient (Wildman–Crippen LogP) is 1.12. The minimum absolute atomic E-state index is 0.0278. The number of hydrogen-bond acceptors (Lipinski definition) is 4. The van der Waals surface area contributed by atoms with Crippen LogP contribution in [0.1, 0.15) is 31.7 Å². The maximum atomic E-state index is 12.9. The molecule has 0 saturated carbocycles. The van der Waals surface area contributed by atoms with Gasteiger partial charge in [-0.1, -0.05) is 12.1 Å². The normalized spacial score (nSPS) is 23.3. The molecule has 0 aromatic heterocycles. The first-order valence-electron chi connectivity index (χ1n) is 9.82. The Morgan fingerprint density at radius 2 is 1.93 bits per heavy atom. The molecule has 148 valence electrons. The van der Waals surface area contributed by atoms with Crippen molar-refractivity contribution in [2.45, 2.75) is 44.8 Å². The van der Waals surface area contributed by atoms with Crippen LogP contribution in [-0.4, -0.2) is 66.4 Å². The number of benzene rings is 1. The van der Waals surface area contributed by atoms with Crippen molar-refractivity contribution in [3.05, 3.63) is 35.6 Å². The van der Waals surface area contributed by atoms with Gasteiger partial charge in [-0.05, 0) is 43.9 Å². The fraction of sp³-hybridized carbons (Fsp3) is 0.600. The number of carbonyl (C=O) groups is 2. The highest BCUT2D eigenvalue weighted by molar-refractivity contribution is 5.82. The van der Waals surface area contributed by atoms with Crippen LogP contribution in [0.2, 0.25) is 0 Å². The van der Waals surface area contributed by atoms with E-state index < -0.39 is 0 Å². The van der Waals surface area contributed by atoms with E-state index in [-0.39, 0.29) is 29.7 Å². The molecule has 2 aliphatic rings. The van der Waals surface area contributed by atoms with Gasteiger partial charge in [0.15, 0.2) is 0 Å². The number of halogens is 1. The van der Waals surface area contributed by atoms with Crippen molar-refractivity contribution in [2.75, 3.05) is 32.7 Å². The number of hydrogen-bond donors (Lipinski definition) is 2. The van der Waals surface area contributed by atoms with Crippen LogP contribution in [0.4, 0.5) is 4.39 Å². The lowest BCUT2D eigenvalue weighted by Crippen LogP contribution is -2.57. The number of piperazine rings is 1. The van der Waals surface area contributed by atoms with Crippen LogP contribution < -0.4 is 10.6 Å². The van der Waals surface area contributed by atoms with Crippen molar-refractivity contribution in [2.24, 2.45) is 0 Å². The molecule has 2 heterocycles. The quantitative estimate of drug-likeness (QED) is 0.808. The van der Waals surface area contributed by atoms with E-state index in [0.29, 0.717) is 6.54 Å². The number of nitrogens with zero attached hydrogens (tertiary/aromatic N) is 2. The van der Waals surface area contributed by atoms with E-state index in [1.165, 1.54) is 12.1 Å². The molecular formula is C20H29FN4O2. The molecule has 0 unspecified atom stereocenters. The maximum Gasteiger partial charge on any atom is 0.237 e. The zero-order valence-corrected chi connectivity index (χ0v) is 15.9. The highest BCUT2D eigenvalue weighted by atomic mass is 19.1. The molecule has 2 aliphatic heterocycles. The van der Waals surface area contributed by atoms with E-state index in [9.17, 15) is 14.0 Å². The third-order valence-electron chi connectivity index (χ3n) is 5.60. The molecular weight excluding hydrogens is 347 g/mol. The number of nitrogens with one attached hydrogen (secondary N) is 2. The fourth-order valence-corrected chi connectivity index (χ4v) is 3.81. The first-order valence-corrected chi connectivity index (χ1v) is 9.82. The summed E-state index contributed by atoms with van der Waals surface area (Å²) in [6.07, 6.45) is 3.04. The summed E-state index contributed by atoms with van der Waals surface area (Å²) < 4.78 is 12.9. The molecule has 2 amide bonds. The third-order valence-corrected chi connectivity index (χ3v) is 5.60. The summed E-state index contributed by atoms with van der Waals surface area (Å²) in [6, 6.07) is 5.89. The Morgan fingerprint density at radius 3 is 2.63 bits per heavy atom. The smallest absolute Gasteiger partial charge is 0.237 e. The lowest BCUT2D eigenvalue weighted by molar-refractivity contribution is -0.130. The van der Waals surface area contributed by atoms with Crippen molar-refractivity contribution in [3.63, 3.8) is 0 Å². The molecule has 2 fully saturated rings. The molecule has 0 bridgehead atoms. The van der Waals surface area contributed by atoms with E-state index in [1.54, 1.807) is 12.1 Å². The Morgan fingerprint density at radius 1 is 1.22 bits per heavy atom. The molecule has 2 N–H and O–H groups in total. The van der Waals surface area contributed by atoms with E-state index in [0.717, 1.165) is 57.5 Å². The van der Waals surface area contributed by atoms with Crippen molar-refractivity contribution in [3.8, 4) is 0 Å². The van der Waals surface area contributed by atoms with Crippen LogP contribution in [0.5, 0.6) is 0 Å². The van der Waals surface area contributed by atoms with E-state index in [2.05, 4.69) is 20.4 Å². The second-order valence-electron chi connectivity index (χ2n) is 7.39. The van der Waals surface area contributed by atoms with E-state index in [1.807, 2.05) is 6.92 Å². The molecule has 6 nitrogen and oxygen atoms in total. The molecule has 2 saturated heterocycles. The number of carbonyl (C=O) groups excluding carboxylic acids is 2. The molecule has 0 spiro atoms. The Labute approximate surface area is 160 Å². The van der Waals surface area contributed by atoms with Crippen LogP contribution in [0.25, 0.3) is 0 Å². The van der Waals surface area contributed by atoms with Crippen LogP contribution in [0, 0.1) is 5.82 Å². The Bertz CT molecular complexity index is 644. The summed E-state index contributed by atoms with van der Waals surface area (Å²) in [7, 11) is 0. The van der Waals surface area contributed by atoms with Crippen LogP contribution in [-0.2, 0) is 16.1 Å². The van der Waals surface area contributed by atoms with Gasteiger partial charge >= 0.3 is 0 Å². The monoisotopic (exact) mass is 376 g/mol. The molecule has 0 aliphatic carbocycles. The van der Waals surface area contributed by atoms with Gasteiger partial charge in [-0.2, -0.15) is 0 Å². The summed E-state index contributed by atoms with van der Waals surface area (Å²) in [5.74, 6) is -0.162. The molecule has 27 heavy (non-hydrogen) atoms. The van der Waals surface area contributed by atoms with Gasteiger partial charge < -0.3 is 10.6 Å². The minimum atomic E-state index is -0.279.